The number of hydrogen-bond donors (Lipinski definition) is 3. The predicted octanol–water partition coefficient (Wildman–Crippen LogP) is -0.531. The molecule has 1 aliphatic rings. The Labute approximate surface area is 108 Å². The maximum absolute atomic E-state index is 12.9. The van der Waals surface area contributed by atoms with Crippen LogP contribution in [0, 0.1) is 5.82 Å². The number of aliphatic hydroxyl groups is 1. The van der Waals surface area contributed by atoms with Gasteiger partial charge in [0.1, 0.15) is 11.9 Å². The number of primary amides is 1. The Bertz CT molecular complexity index is 535. The number of anilines is 1. The number of hydrogen-bond acceptors (Lipinski definition) is 4. The zero-order valence-electron chi connectivity index (χ0n) is 10.0. The number of nitrogen functional groups attached to an aromatic ring is 1. The number of β-amino-alcohol motifs (C(OH)–C–C–N with tert-alkyl or cyclic N) is 1. The highest BCUT2D eigenvalue weighted by Crippen LogP contribution is 2.23. The monoisotopic (exact) mass is 267 g/mol. The van der Waals surface area contributed by atoms with Gasteiger partial charge in [0.25, 0.3) is 5.91 Å². The molecule has 1 fully saturated rings. The third-order valence-electron chi connectivity index (χ3n) is 3.11. The van der Waals surface area contributed by atoms with E-state index in [2.05, 4.69) is 0 Å². The molecule has 0 aromatic heterocycles. The molecule has 2 rings (SSSR count). The van der Waals surface area contributed by atoms with Gasteiger partial charge in [-0.25, -0.2) is 4.39 Å². The molecule has 2 unspecified atom stereocenters. The minimum absolute atomic E-state index is 0.00323. The number of carbonyl (C=O) groups excluding carboxylic acids is 2. The SMILES string of the molecule is NC(=O)C1CC(O)CN1C(=O)c1ccc(F)cc1N. The molecule has 1 aromatic carbocycles. The summed E-state index contributed by atoms with van der Waals surface area (Å²) in [5, 5.41) is 9.54. The topological polar surface area (TPSA) is 110 Å². The van der Waals surface area contributed by atoms with Crippen molar-refractivity contribution in [3.63, 3.8) is 0 Å². The van der Waals surface area contributed by atoms with Gasteiger partial charge in [-0.15, -0.1) is 0 Å². The van der Waals surface area contributed by atoms with E-state index in [4.69, 9.17) is 11.5 Å². The minimum Gasteiger partial charge on any atom is -0.398 e. The Morgan fingerprint density at radius 1 is 1.42 bits per heavy atom. The van der Waals surface area contributed by atoms with Crippen molar-refractivity contribution in [1.29, 1.82) is 0 Å². The summed E-state index contributed by atoms with van der Waals surface area (Å²) in [6, 6.07) is 2.51. The standard InChI is InChI=1S/C12H14FN3O3/c13-6-1-2-8(9(14)3-6)12(19)16-5-7(17)4-10(16)11(15)18/h1-3,7,10,17H,4-5,14H2,(H2,15,18). The Kier molecular flexibility index (Phi) is 3.39. The van der Waals surface area contributed by atoms with Crippen LogP contribution < -0.4 is 11.5 Å². The van der Waals surface area contributed by atoms with E-state index in [1.54, 1.807) is 0 Å². The first-order chi connectivity index (χ1) is 8.90. The van der Waals surface area contributed by atoms with Crippen LogP contribution in [0.1, 0.15) is 16.8 Å². The third-order valence-corrected chi connectivity index (χ3v) is 3.11. The van der Waals surface area contributed by atoms with Crippen LogP contribution >= 0.6 is 0 Å². The van der Waals surface area contributed by atoms with E-state index in [1.165, 1.54) is 6.07 Å². The van der Waals surface area contributed by atoms with Crippen molar-refractivity contribution in [3.8, 4) is 0 Å². The minimum atomic E-state index is -0.869. The first-order valence-corrected chi connectivity index (χ1v) is 5.73. The number of benzene rings is 1. The molecule has 2 amide bonds. The molecule has 19 heavy (non-hydrogen) atoms. The fourth-order valence-electron chi connectivity index (χ4n) is 2.19. The van der Waals surface area contributed by atoms with Crippen LogP contribution in [-0.4, -0.2) is 40.5 Å². The second-order valence-electron chi connectivity index (χ2n) is 4.50. The molecule has 1 aromatic rings. The molecule has 2 atom stereocenters. The van der Waals surface area contributed by atoms with Crippen molar-refractivity contribution in [3.05, 3.63) is 29.6 Å². The van der Waals surface area contributed by atoms with Crippen LogP contribution in [0.5, 0.6) is 0 Å². The van der Waals surface area contributed by atoms with E-state index in [0.717, 1.165) is 17.0 Å². The van der Waals surface area contributed by atoms with Gasteiger partial charge in [-0.1, -0.05) is 0 Å². The number of halogens is 1. The normalized spacial score (nSPS) is 22.5. The fourth-order valence-corrected chi connectivity index (χ4v) is 2.19. The summed E-state index contributed by atoms with van der Waals surface area (Å²) in [6.07, 6.45) is -0.703. The summed E-state index contributed by atoms with van der Waals surface area (Å²) in [5.74, 6) is -1.79. The maximum atomic E-state index is 12.9. The number of rotatable bonds is 2. The summed E-state index contributed by atoms with van der Waals surface area (Å²) < 4.78 is 12.9. The van der Waals surface area contributed by atoms with Crippen LogP contribution in [0.15, 0.2) is 18.2 Å². The highest BCUT2D eigenvalue weighted by atomic mass is 19.1. The van der Waals surface area contributed by atoms with E-state index < -0.39 is 29.8 Å². The number of nitrogens with zero attached hydrogens (tertiary/aromatic N) is 1. The molecule has 0 saturated carbocycles. The van der Waals surface area contributed by atoms with Gasteiger partial charge in [-0.05, 0) is 18.2 Å². The Morgan fingerprint density at radius 2 is 2.11 bits per heavy atom. The lowest BCUT2D eigenvalue weighted by Gasteiger charge is -2.22. The number of amides is 2. The van der Waals surface area contributed by atoms with Gasteiger partial charge in [-0.2, -0.15) is 0 Å². The second kappa shape index (κ2) is 4.85. The van der Waals surface area contributed by atoms with Crippen molar-refractivity contribution < 1.29 is 19.1 Å². The Balaban J connectivity index is 2.30. The highest BCUT2D eigenvalue weighted by Gasteiger charge is 2.38. The van der Waals surface area contributed by atoms with Gasteiger partial charge in [0.2, 0.25) is 5.91 Å². The van der Waals surface area contributed by atoms with Crippen molar-refractivity contribution >= 4 is 17.5 Å². The van der Waals surface area contributed by atoms with Crippen LogP contribution in [-0.2, 0) is 4.79 Å². The summed E-state index contributed by atoms with van der Waals surface area (Å²) in [5.41, 5.74) is 10.8. The summed E-state index contributed by atoms with van der Waals surface area (Å²) >= 11 is 0. The second-order valence-corrected chi connectivity index (χ2v) is 4.50. The lowest BCUT2D eigenvalue weighted by molar-refractivity contribution is -0.121. The molecular formula is C12H14FN3O3. The summed E-state index contributed by atoms with van der Waals surface area (Å²) in [7, 11) is 0. The van der Waals surface area contributed by atoms with Crippen molar-refractivity contribution in [2.24, 2.45) is 5.73 Å². The van der Waals surface area contributed by atoms with E-state index in [1.807, 2.05) is 0 Å². The zero-order chi connectivity index (χ0) is 14.2. The summed E-state index contributed by atoms with van der Waals surface area (Å²) in [4.78, 5) is 24.7. The number of nitrogens with two attached hydrogens (primary N) is 2. The van der Waals surface area contributed by atoms with Gasteiger partial charge < -0.3 is 21.5 Å². The molecule has 1 aliphatic heterocycles. The smallest absolute Gasteiger partial charge is 0.256 e. The molecule has 1 saturated heterocycles. The van der Waals surface area contributed by atoms with Gasteiger partial charge in [0.15, 0.2) is 0 Å². The number of likely N-dealkylation sites (tertiary alicyclic amines) is 1. The first-order valence-electron chi connectivity index (χ1n) is 5.73. The van der Waals surface area contributed by atoms with Gasteiger partial charge >= 0.3 is 0 Å². The summed E-state index contributed by atoms with van der Waals surface area (Å²) in [6.45, 7) is 0.00323. The first kappa shape index (κ1) is 13.3. The predicted molar refractivity (Wildman–Crippen MR) is 65.5 cm³/mol. The lowest BCUT2D eigenvalue weighted by atomic mass is 10.1. The molecule has 0 radical (unpaired) electrons. The van der Waals surface area contributed by atoms with E-state index >= 15 is 0 Å². The van der Waals surface area contributed by atoms with Gasteiger partial charge in [-0.3, -0.25) is 9.59 Å². The Morgan fingerprint density at radius 3 is 2.68 bits per heavy atom. The molecule has 5 N–H and O–H groups in total. The van der Waals surface area contributed by atoms with Gasteiger partial charge in [0.05, 0.1) is 11.7 Å². The third kappa shape index (κ3) is 2.50. The van der Waals surface area contributed by atoms with E-state index in [-0.39, 0.29) is 24.2 Å². The maximum Gasteiger partial charge on any atom is 0.256 e. The van der Waals surface area contributed by atoms with Crippen LogP contribution in [0.4, 0.5) is 10.1 Å². The zero-order valence-corrected chi connectivity index (χ0v) is 10.0. The van der Waals surface area contributed by atoms with Crippen LogP contribution in [0.2, 0.25) is 0 Å². The van der Waals surface area contributed by atoms with Crippen LogP contribution in [0.25, 0.3) is 0 Å². The molecule has 0 spiro atoms. The van der Waals surface area contributed by atoms with Crippen molar-refractivity contribution in [2.75, 3.05) is 12.3 Å². The lowest BCUT2D eigenvalue weighted by Crippen LogP contribution is -2.43. The fraction of sp³-hybridized carbons (Fsp3) is 0.333. The average Bonchev–Trinajstić information content (AvgIpc) is 2.70. The number of aliphatic hydroxyl groups excluding tert-OH is 1. The van der Waals surface area contributed by atoms with Crippen molar-refractivity contribution in [1.82, 2.24) is 4.90 Å². The quantitative estimate of drug-likeness (QED) is 0.625. The number of carbonyl (C=O) groups is 2. The largest absolute Gasteiger partial charge is 0.398 e. The average molecular weight is 267 g/mol. The Hall–Kier alpha value is -2.15. The molecule has 6 nitrogen and oxygen atoms in total. The van der Waals surface area contributed by atoms with E-state index in [0.29, 0.717) is 0 Å². The van der Waals surface area contributed by atoms with Crippen molar-refractivity contribution in [2.45, 2.75) is 18.6 Å². The highest BCUT2D eigenvalue weighted by molar-refractivity contribution is 6.01. The van der Waals surface area contributed by atoms with E-state index in [9.17, 15) is 19.1 Å². The molecule has 0 bridgehead atoms. The molecule has 7 heteroatoms. The van der Waals surface area contributed by atoms with Gasteiger partial charge in [0, 0.05) is 18.7 Å². The molecule has 0 aliphatic carbocycles. The van der Waals surface area contributed by atoms with Crippen LogP contribution in [0.3, 0.4) is 0 Å². The molecule has 102 valence electrons. The molecule has 1 heterocycles. The molecular weight excluding hydrogens is 253 g/mol.